The van der Waals surface area contributed by atoms with E-state index in [1.54, 1.807) is 6.26 Å². The SMILES string of the molecule is CNC1CCCN(C(=O)c2cc(-c3ccco3)nc3ccccc23)C1.Cl.Cl. The van der Waals surface area contributed by atoms with Crippen LogP contribution in [0.4, 0.5) is 0 Å². The third kappa shape index (κ3) is 4.26. The van der Waals surface area contributed by atoms with E-state index >= 15 is 0 Å². The molecule has 3 heterocycles. The number of piperidine rings is 1. The summed E-state index contributed by atoms with van der Waals surface area (Å²) in [6.07, 6.45) is 3.75. The molecule has 1 aliphatic heterocycles. The Balaban J connectivity index is 0.00000131. The molecule has 5 nitrogen and oxygen atoms in total. The predicted octanol–water partition coefficient (Wildman–Crippen LogP) is 4.16. The topological polar surface area (TPSA) is 58.4 Å². The number of hydrogen-bond donors (Lipinski definition) is 1. The summed E-state index contributed by atoms with van der Waals surface area (Å²) < 4.78 is 5.49. The fraction of sp³-hybridized carbons (Fsp3) is 0.300. The van der Waals surface area contributed by atoms with Gasteiger partial charge in [-0.1, -0.05) is 18.2 Å². The van der Waals surface area contributed by atoms with Gasteiger partial charge in [0.1, 0.15) is 5.69 Å². The number of benzene rings is 1. The lowest BCUT2D eigenvalue weighted by Gasteiger charge is -2.33. The van der Waals surface area contributed by atoms with Crippen molar-refractivity contribution in [3.05, 3.63) is 54.3 Å². The molecule has 0 saturated carbocycles. The molecule has 0 bridgehead atoms. The molecule has 3 aromatic rings. The van der Waals surface area contributed by atoms with E-state index in [-0.39, 0.29) is 30.7 Å². The molecule has 144 valence electrons. The number of aromatic nitrogens is 1. The van der Waals surface area contributed by atoms with E-state index in [1.165, 1.54) is 0 Å². The van der Waals surface area contributed by atoms with E-state index in [9.17, 15) is 4.79 Å². The molecule has 0 radical (unpaired) electrons. The van der Waals surface area contributed by atoms with Crippen LogP contribution in [0.1, 0.15) is 23.2 Å². The number of fused-ring (bicyclic) bond motifs is 1. The zero-order valence-corrected chi connectivity index (χ0v) is 16.7. The third-order valence-electron chi connectivity index (χ3n) is 4.84. The molecule has 27 heavy (non-hydrogen) atoms. The summed E-state index contributed by atoms with van der Waals surface area (Å²) in [6, 6.07) is 13.7. The Morgan fingerprint density at radius 1 is 1.22 bits per heavy atom. The van der Waals surface area contributed by atoms with Crippen molar-refractivity contribution in [1.82, 2.24) is 15.2 Å². The van der Waals surface area contributed by atoms with E-state index in [2.05, 4.69) is 10.3 Å². The molecule has 1 atom stereocenters. The summed E-state index contributed by atoms with van der Waals surface area (Å²) in [5.41, 5.74) is 2.19. The fourth-order valence-corrected chi connectivity index (χ4v) is 3.47. The summed E-state index contributed by atoms with van der Waals surface area (Å²) in [4.78, 5) is 19.8. The molecular weight excluding hydrogens is 385 g/mol. The number of rotatable bonds is 3. The maximum absolute atomic E-state index is 13.2. The number of amides is 1. The Morgan fingerprint density at radius 3 is 2.78 bits per heavy atom. The first-order valence-corrected chi connectivity index (χ1v) is 8.66. The van der Waals surface area contributed by atoms with Gasteiger partial charge in [0.25, 0.3) is 5.91 Å². The van der Waals surface area contributed by atoms with Crippen molar-refractivity contribution in [2.24, 2.45) is 0 Å². The minimum Gasteiger partial charge on any atom is -0.463 e. The Hall–Kier alpha value is -2.08. The third-order valence-corrected chi connectivity index (χ3v) is 4.84. The lowest BCUT2D eigenvalue weighted by atomic mass is 10.0. The van der Waals surface area contributed by atoms with Crippen LogP contribution in [0.3, 0.4) is 0 Å². The first-order valence-electron chi connectivity index (χ1n) is 8.66. The summed E-state index contributed by atoms with van der Waals surface area (Å²) >= 11 is 0. The summed E-state index contributed by atoms with van der Waals surface area (Å²) in [5, 5.41) is 4.17. The van der Waals surface area contributed by atoms with Crippen molar-refractivity contribution in [3.63, 3.8) is 0 Å². The second-order valence-corrected chi connectivity index (χ2v) is 6.43. The van der Waals surface area contributed by atoms with Crippen LogP contribution in [-0.2, 0) is 0 Å². The van der Waals surface area contributed by atoms with Crippen molar-refractivity contribution in [3.8, 4) is 11.5 Å². The molecule has 1 aromatic carbocycles. The predicted molar refractivity (Wildman–Crippen MR) is 112 cm³/mol. The minimum atomic E-state index is 0. The second kappa shape index (κ2) is 9.22. The highest BCUT2D eigenvalue weighted by Crippen LogP contribution is 2.27. The Kier molecular flexibility index (Phi) is 7.25. The van der Waals surface area contributed by atoms with Gasteiger partial charge < -0.3 is 14.6 Å². The van der Waals surface area contributed by atoms with Gasteiger partial charge in [-0.15, -0.1) is 24.8 Å². The lowest BCUT2D eigenvalue weighted by molar-refractivity contribution is 0.0700. The second-order valence-electron chi connectivity index (χ2n) is 6.43. The number of carbonyl (C=O) groups excluding carboxylic acids is 1. The number of likely N-dealkylation sites (tertiary alicyclic amines) is 1. The average molecular weight is 408 g/mol. The molecule has 1 fully saturated rings. The van der Waals surface area contributed by atoms with Crippen molar-refractivity contribution < 1.29 is 9.21 Å². The molecule has 7 heteroatoms. The molecule has 1 saturated heterocycles. The van der Waals surface area contributed by atoms with Crippen molar-refractivity contribution >= 4 is 41.6 Å². The van der Waals surface area contributed by atoms with Gasteiger partial charge in [0.2, 0.25) is 0 Å². The number of likely N-dealkylation sites (N-methyl/N-ethyl adjacent to an activating group) is 1. The van der Waals surface area contributed by atoms with E-state index in [1.807, 2.05) is 54.4 Å². The average Bonchev–Trinajstić information content (AvgIpc) is 3.21. The molecule has 4 rings (SSSR count). The monoisotopic (exact) mass is 407 g/mol. The molecular formula is C20H23Cl2N3O2. The normalized spacial score (nSPS) is 16.5. The smallest absolute Gasteiger partial charge is 0.254 e. The highest BCUT2D eigenvalue weighted by atomic mass is 35.5. The van der Waals surface area contributed by atoms with Gasteiger partial charge in [-0.2, -0.15) is 0 Å². The molecule has 0 spiro atoms. The number of pyridine rings is 1. The number of para-hydroxylation sites is 1. The van der Waals surface area contributed by atoms with Gasteiger partial charge in [-0.05, 0) is 44.2 Å². The van der Waals surface area contributed by atoms with Crippen molar-refractivity contribution in [2.45, 2.75) is 18.9 Å². The van der Waals surface area contributed by atoms with Gasteiger partial charge in [-0.3, -0.25) is 4.79 Å². The highest BCUT2D eigenvalue weighted by Gasteiger charge is 2.25. The van der Waals surface area contributed by atoms with Gasteiger partial charge in [0, 0.05) is 24.5 Å². The summed E-state index contributed by atoms with van der Waals surface area (Å²) in [7, 11) is 1.95. The quantitative estimate of drug-likeness (QED) is 0.707. The first-order chi connectivity index (χ1) is 12.3. The Labute approximate surface area is 171 Å². The maximum Gasteiger partial charge on any atom is 0.254 e. The number of nitrogens with one attached hydrogen (secondary N) is 1. The fourth-order valence-electron chi connectivity index (χ4n) is 3.47. The van der Waals surface area contributed by atoms with Crippen molar-refractivity contribution in [2.75, 3.05) is 20.1 Å². The minimum absolute atomic E-state index is 0. The number of carbonyl (C=O) groups is 1. The lowest BCUT2D eigenvalue weighted by Crippen LogP contribution is -2.47. The Bertz CT molecular complexity index is 899. The van der Waals surface area contributed by atoms with Crippen LogP contribution in [0.25, 0.3) is 22.4 Å². The number of nitrogens with zero attached hydrogens (tertiary/aromatic N) is 2. The van der Waals surface area contributed by atoms with Crippen molar-refractivity contribution in [1.29, 1.82) is 0 Å². The maximum atomic E-state index is 13.2. The highest BCUT2D eigenvalue weighted by molar-refractivity contribution is 6.07. The van der Waals surface area contributed by atoms with Crippen LogP contribution in [0.5, 0.6) is 0 Å². The summed E-state index contributed by atoms with van der Waals surface area (Å²) in [5.74, 6) is 0.734. The van der Waals surface area contributed by atoms with E-state index in [0.717, 1.165) is 36.8 Å². The van der Waals surface area contributed by atoms with E-state index in [0.29, 0.717) is 23.1 Å². The number of hydrogen-bond acceptors (Lipinski definition) is 4. The molecule has 1 amide bonds. The summed E-state index contributed by atoms with van der Waals surface area (Å²) in [6.45, 7) is 1.53. The van der Waals surface area contributed by atoms with Crippen LogP contribution in [0, 0.1) is 0 Å². The number of halogens is 2. The largest absolute Gasteiger partial charge is 0.463 e. The van der Waals surface area contributed by atoms with Crippen LogP contribution in [0.15, 0.2) is 53.1 Å². The van der Waals surface area contributed by atoms with Gasteiger partial charge in [-0.25, -0.2) is 4.98 Å². The molecule has 0 aliphatic carbocycles. The van der Waals surface area contributed by atoms with Gasteiger partial charge >= 0.3 is 0 Å². The van der Waals surface area contributed by atoms with Crippen LogP contribution >= 0.6 is 24.8 Å². The van der Waals surface area contributed by atoms with Crippen LogP contribution in [0.2, 0.25) is 0 Å². The van der Waals surface area contributed by atoms with E-state index in [4.69, 9.17) is 4.42 Å². The van der Waals surface area contributed by atoms with Crippen LogP contribution in [-0.4, -0.2) is 42.0 Å². The van der Waals surface area contributed by atoms with Crippen LogP contribution < -0.4 is 5.32 Å². The van der Waals surface area contributed by atoms with E-state index < -0.39 is 0 Å². The first kappa shape index (κ1) is 21.2. The zero-order valence-electron chi connectivity index (χ0n) is 15.1. The number of furan rings is 1. The van der Waals surface area contributed by atoms with Gasteiger partial charge in [0.05, 0.1) is 17.3 Å². The zero-order chi connectivity index (χ0) is 17.2. The Morgan fingerprint density at radius 2 is 2.04 bits per heavy atom. The molecule has 1 N–H and O–H groups in total. The molecule has 1 aliphatic rings. The molecule has 1 unspecified atom stereocenters. The molecule has 2 aromatic heterocycles. The van der Waals surface area contributed by atoms with Gasteiger partial charge in [0.15, 0.2) is 5.76 Å². The standard InChI is InChI=1S/C20H21N3O2.2ClH/c1-21-14-6-4-10-23(13-14)20(24)16-12-18(19-9-5-11-25-19)22-17-8-3-2-7-15(16)17;;/h2-3,5,7-9,11-12,14,21H,4,6,10,13H2,1H3;2*1H.